The number of rotatable bonds is 3. The molecule has 0 aromatic rings. The second-order valence-corrected chi connectivity index (χ2v) is 6.52. The van der Waals surface area contributed by atoms with Gasteiger partial charge in [0.1, 0.15) is 6.29 Å². The van der Waals surface area contributed by atoms with E-state index in [1.165, 1.54) is 6.42 Å². The van der Waals surface area contributed by atoms with E-state index in [1.54, 1.807) is 0 Å². The lowest BCUT2D eigenvalue weighted by Crippen LogP contribution is -2.60. The van der Waals surface area contributed by atoms with E-state index in [0.717, 1.165) is 51.6 Å². The topological polar surface area (TPSA) is 40.6 Å². The van der Waals surface area contributed by atoms with Crippen LogP contribution in [0, 0.1) is 11.8 Å². The van der Waals surface area contributed by atoms with Crippen LogP contribution in [0.2, 0.25) is 0 Å². The zero-order valence-corrected chi connectivity index (χ0v) is 11.8. The molecule has 0 N–H and O–H groups in total. The fourth-order valence-corrected chi connectivity index (χ4v) is 3.64. The van der Waals surface area contributed by atoms with Crippen LogP contribution in [-0.4, -0.2) is 53.7 Å². The largest absolute Gasteiger partial charge is 0.340 e. The van der Waals surface area contributed by atoms with Crippen LogP contribution in [0.3, 0.4) is 0 Å². The number of hydrogen-bond acceptors (Lipinski definition) is 3. The Morgan fingerprint density at radius 3 is 2.47 bits per heavy atom. The Morgan fingerprint density at radius 2 is 1.95 bits per heavy atom. The minimum Gasteiger partial charge on any atom is -0.340 e. The molecule has 4 nitrogen and oxygen atoms in total. The van der Waals surface area contributed by atoms with Crippen LogP contribution in [0.25, 0.3) is 0 Å². The lowest BCUT2D eigenvalue weighted by molar-refractivity contribution is -0.142. The predicted molar refractivity (Wildman–Crippen MR) is 72.7 cm³/mol. The fraction of sp³-hybridized carbons (Fsp3) is 0.867. The van der Waals surface area contributed by atoms with Crippen LogP contribution >= 0.6 is 0 Å². The molecule has 0 aromatic heterocycles. The second kappa shape index (κ2) is 5.23. The SMILES string of the molecule is CC1CN(C(=O)C2CCC2)CCN1C1CC(C=O)C1. The van der Waals surface area contributed by atoms with Gasteiger partial charge in [-0.05, 0) is 32.6 Å². The molecule has 3 fully saturated rings. The van der Waals surface area contributed by atoms with Gasteiger partial charge in [0.05, 0.1) is 0 Å². The quantitative estimate of drug-likeness (QED) is 0.721. The molecule has 0 bridgehead atoms. The van der Waals surface area contributed by atoms with Crippen molar-refractivity contribution in [3.8, 4) is 0 Å². The van der Waals surface area contributed by atoms with Crippen LogP contribution in [0.4, 0.5) is 0 Å². The number of carbonyl (C=O) groups is 2. The molecule has 0 aromatic carbocycles. The van der Waals surface area contributed by atoms with Crippen molar-refractivity contribution in [2.24, 2.45) is 11.8 Å². The Balaban J connectivity index is 1.51. The van der Waals surface area contributed by atoms with Crippen molar-refractivity contribution in [2.45, 2.75) is 51.1 Å². The summed E-state index contributed by atoms with van der Waals surface area (Å²) in [6.07, 6.45) is 6.54. The molecule has 2 aliphatic carbocycles. The van der Waals surface area contributed by atoms with Gasteiger partial charge in [0.2, 0.25) is 5.91 Å². The highest BCUT2D eigenvalue weighted by atomic mass is 16.2. The summed E-state index contributed by atoms with van der Waals surface area (Å²) >= 11 is 0. The number of aldehydes is 1. The number of carbonyl (C=O) groups excluding carboxylic acids is 2. The summed E-state index contributed by atoms with van der Waals surface area (Å²) in [6.45, 7) is 4.95. The van der Waals surface area contributed by atoms with E-state index in [0.29, 0.717) is 23.9 Å². The van der Waals surface area contributed by atoms with Gasteiger partial charge in [-0.3, -0.25) is 9.69 Å². The van der Waals surface area contributed by atoms with Crippen LogP contribution < -0.4 is 0 Å². The third-order valence-electron chi connectivity index (χ3n) is 5.26. The van der Waals surface area contributed by atoms with E-state index in [9.17, 15) is 9.59 Å². The first-order valence-corrected chi connectivity index (χ1v) is 7.69. The fourth-order valence-electron chi connectivity index (χ4n) is 3.64. The van der Waals surface area contributed by atoms with E-state index < -0.39 is 0 Å². The summed E-state index contributed by atoms with van der Waals surface area (Å²) in [7, 11) is 0. The van der Waals surface area contributed by atoms with Gasteiger partial charge in [0.25, 0.3) is 0 Å². The third kappa shape index (κ3) is 2.42. The van der Waals surface area contributed by atoms with E-state index >= 15 is 0 Å². The van der Waals surface area contributed by atoms with Crippen molar-refractivity contribution in [1.29, 1.82) is 0 Å². The van der Waals surface area contributed by atoms with Gasteiger partial charge >= 0.3 is 0 Å². The molecule has 1 aliphatic heterocycles. The molecule has 19 heavy (non-hydrogen) atoms. The van der Waals surface area contributed by atoms with Crippen LogP contribution in [-0.2, 0) is 9.59 Å². The summed E-state index contributed by atoms with van der Waals surface area (Å²) < 4.78 is 0. The van der Waals surface area contributed by atoms with Crippen molar-refractivity contribution in [3.05, 3.63) is 0 Å². The Morgan fingerprint density at radius 1 is 1.21 bits per heavy atom. The molecule has 1 amide bonds. The Bertz CT molecular complexity index is 361. The highest BCUT2D eigenvalue weighted by Gasteiger charge is 2.39. The zero-order valence-electron chi connectivity index (χ0n) is 11.8. The Labute approximate surface area is 115 Å². The van der Waals surface area contributed by atoms with Gasteiger partial charge in [0.15, 0.2) is 0 Å². The maximum Gasteiger partial charge on any atom is 0.225 e. The van der Waals surface area contributed by atoms with Gasteiger partial charge in [-0.1, -0.05) is 6.42 Å². The first-order valence-electron chi connectivity index (χ1n) is 7.69. The summed E-state index contributed by atoms with van der Waals surface area (Å²) in [5, 5.41) is 0. The first-order chi connectivity index (χ1) is 9.19. The standard InChI is InChI=1S/C15H24N2O2/c1-11-9-16(15(19)13-3-2-4-13)5-6-17(11)14-7-12(8-14)10-18/h10-14H,2-9H2,1H3. The molecular weight excluding hydrogens is 240 g/mol. The molecule has 1 atom stereocenters. The normalized spacial score (nSPS) is 36.5. The van der Waals surface area contributed by atoms with Gasteiger partial charge in [-0.25, -0.2) is 0 Å². The molecule has 0 spiro atoms. The van der Waals surface area contributed by atoms with Gasteiger partial charge in [0, 0.05) is 43.6 Å². The van der Waals surface area contributed by atoms with Crippen molar-refractivity contribution < 1.29 is 9.59 Å². The molecule has 1 saturated heterocycles. The average molecular weight is 264 g/mol. The van der Waals surface area contributed by atoms with Crippen molar-refractivity contribution in [1.82, 2.24) is 9.80 Å². The summed E-state index contributed by atoms with van der Waals surface area (Å²) in [6, 6.07) is 1.02. The molecule has 106 valence electrons. The molecule has 2 saturated carbocycles. The van der Waals surface area contributed by atoms with E-state index in [1.807, 2.05) is 0 Å². The summed E-state index contributed by atoms with van der Waals surface area (Å²) in [5.74, 6) is 0.992. The molecule has 3 rings (SSSR count). The number of piperazine rings is 1. The molecule has 1 heterocycles. The van der Waals surface area contributed by atoms with Crippen molar-refractivity contribution in [2.75, 3.05) is 19.6 Å². The maximum atomic E-state index is 12.2. The van der Waals surface area contributed by atoms with Crippen molar-refractivity contribution >= 4 is 12.2 Å². The van der Waals surface area contributed by atoms with E-state index in [-0.39, 0.29) is 5.92 Å². The number of hydrogen-bond donors (Lipinski definition) is 0. The van der Waals surface area contributed by atoms with E-state index in [4.69, 9.17) is 0 Å². The highest BCUT2D eigenvalue weighted by molar-refractivity contribution is 5.79. The Hall–Kier alpha value is -0.900. The van der Waals surface area contributed by atoms with Gasteiger partial charge in [-0.2, -0.15) is 0 Å². The van der Waals surface area contributed by atoms with Crippen LogP contribution in [0.15, 0.2) is 0 Å². The first kappa shape index (κ1) is 13.1. The molecule has 0 radical (unpaired) electrons. The molecule has 4 heteroatoms. The minimum atomic E-state index is 0.284. The van der Waals surface area contributed by atoms with Crippen molar-refractivity contribution in [3.63, 3.8) is 0 Å². The number of amides is 1. The molecular formula is C15H24N2O2. The predicted octanol–water partition coefficient (Wildman–Crippen LogP) is 1.30. The smallest absolute Gasteiger partial charge is 0.225 e. The monoisotopic (exact) mass is 264 g/mol. The minimum absolute atomic E-state index is 0.284. The third-order valence-corrected chi connectivity index (χ3v) is 5.26. The summed E-state index contributed by atoms with van der Waals surface area (Å²) in [4.78, 5) is 27.5. The lowest BCUT2D eigenvalue weighted by atomic mass is 9.79. The zero-order chi connectivity index (χ0) is 13.4. The molecule has 1 unspecified atom stereocenters. The second-order valence-electron chi connectivity index (χ2n) is 6.52. The van der Waals surface area contributed by atoms with Crippen LogP contribution in [0.5, 0.6) is 0 Å². The van der Waals surface area contributed by atoms with E-state index in [2.05, 4.69) is 16.7 Å². The van der Waals surface area contributed by atoms with Gasteiger partial charge < -0.3 is 9.69 Å². The number of nitrogens with zero attached hydrogens (tertiary/aromatic N) is 2. The maximum absolute atomic E-state index is 12.2. The summed E-state index contributed by atoms with van der Waals surface area (Å²) in [5.41, 5.74) is 0. The Kier molecular flexibility index (Phi) is 3.61. The lowest BCUT2D eigenvalue weighted by Gasteiger charge is -2.49. The van der Waals surface area contributed by atoms with Crippen LogP contribution in [0.1, 0.15) is 39.0 Å². The van der Waals surface area contributed by atoms with Gasteiger partial charge in [-0.15, -0.1) is 0 Å². The average Bonchev–Trinajstić information content (AvgIpc) is 2.27. The highest BCUT2D eigenvalue weighted by Crippen LogP contribution is 2.33. The molecule has 3 aliphatic rings.